The molecule has 2 aromatic rings. The van der Waals surface area contributed by atoms with Crippen LogP contribution >= 0.6 is 10.7 Å². The minimum Gasteiger partial charge on any atom is -0.343 e. The Morgan fingerprint density at radius 3 is 2.16 bits per heavy atom. The first-order valence-electron chi connectivity index (χ1n) is 4.77. The second-order valence-electron chi connectivity index (χ2n) is 3.54. The minimum absolute atomic E-state index is 0.0768. The molecule has 0 fully saturated rings. The van der Waals surface area contributed by atoms with Crippen molar-refractivity contribution in [3.63, 3.8) is 0 Å². The van der Waals surface area contributed by atoms with E-state index in [1.807, 2.05) is 0 Å². The molecular formula is C10H5ClF3NO3S. The first-order chi connectivity index (χ1) is 8.68. The first-order valence-corrected chi connectivity index (χ1v) is 7.08. The van der Waals surface area contributed by atoms with E-state index in [2.05, 4.69) is 9.68 Å². The molecule has 0 spiro atoms. The summed E-state index contributed by atoms with van der Waals surface area (Å²) in [7, 11) is 0.976. The zero-order chi connectivity index (χ0) is 14.3. The van der Waals surface area contributed by atoms with Gasteiger partial charge in [0.2, 0.25) is 0 Å². The van der Waals surface area contributed by atoms with Crippen molar-refractivity contribution in [2.75, 3.05) is 0 Å². The van der Waals surface area contributed by atoms with Gasteiger partial charge >= 0.3 is 6.18 Å². The van der Waals surface area contributed by atoms with Gasteiger partial charge in [-0.1, -0.05) is 17.3 Å². The molecule has 4 nitrogen and oxygen atoms in total. The molecule has 9 heteroatoms. The summed E-state index contributed by atoms with van der Waals surface area (Å²) in [6.07, 6.45) is -4.44. The van der Waals surface area contributed by atoms with Gasteiger partial charge < -0.3 is 4.52 Å². The van der Waals surface area contributed by atoms with Gasteiger partial charge in [-0.05, 0) is 12.1 Å². The van der Waals surface area contributed by atoms with Crippen molar-refractivity contribution >= 4 is 19.7 Å². The summed E-state index contributed by atoms with van der Waals surface area (Å²) in [5, 5.41) is 2.86. The van der Waals surface area contributed by atoms with Crippen LogP contribution in [-0.4, -0.2) is 13.6 Å². The fourth-order valence-electron chi connectivity index (χ4n) is 1.34. The molecule has 1 aromatic carbocycles. The zero-order valence-corrected chi connectivity index (χ0v) is 10.6. The summed E-state index contributed by atoms with van der Waals surface area (Å²) in [6, 6.07) is 5.07. The highest BCUT2D eigenvalue weighted by Gasteiger charge is 2.30. The Hall–Kier alpha value is -1.54. The van der Waals surface area contributed by atoms with Gasteiger partial charge in [-0.25, -0.2) is 8.42 Å². The lowest BCUT2D eigenvalue weighted by Gasteiger charge is -2.06. The molecule has 0 saturated heterocycles. The highest BCUT2D eigenvalue weighted by molar-refractivity contribution is 8.13. The van der Waals surface area contributed by atoms with E-state index in [4.69, 9.17) is 10.7 Å². The van der Waals surface area contributed by atoms with E-state index in [0.717, 1.165) is 30.3 Å². The predicted molar refractivity (Wildman–Crippen MR) is 60.0 cm³/mol. The van der Waals surface area contributed by atoms with Crippen molar-refractivity contribution in [3.05, 3.63) is 35.9 Å². The van der Waals surface area contributed by atoms with Crippen molar-refractivity contribution in [3.8, 4) is 11.3 Å². The van der Waals surface area contributed by atoms with Gasteiger partial charge in [-0.15, -0.1) is 0 Å². The number of alkyl halides is 3. The molecule has 2 rings (SSSR count). The number of hydrogen-bond acceptors (Lipinski definition) is 4. The van der Waals surface area contributed by atoms with E-state index < -0.39 is 25.9 Å². The minimum atomic E-state index is -4.44. The Kier molecular flexibility index (Phi) is 3.31. The molecule has 0 N–H and O–H groups in total. The van der Waals surface area contributed by atoms with Crippen LogP contribution in [0.3, 0.4) is 0 Å². The van der Waals surface area contributed by atoms with Crippen LogP contribution in [0, 0.1) is 0 Å². The van der Waals surface area contributed by atoms with Gasteiger partial charge in [-0.2, -0.15) is 13.2 Å². The van der Waals surface area contributed by atoms with Gasteiger partial charge in [0, 0.05) is 22.3 Å². The topological polar surface area (TPSA) is 60.2 Å². The maximum Gasteiger partial charge on any atom is 0.416 e. The summed E-state index contributed by atoms with van der Waals surface area (Å²) in [5.74, 6) is 0. The van der Waals surface area contributed by atoms with Gasteiger partial charge in [0.05, 0.1) is 5.56 Å². The van der Waals surface area contributed by atoms with E-state index in [-0.39, 0.29) is 11.3 Å². The summed E-state index contributed by atoms with van der Waals surface area (Å²) in [4.78, 5) is 0. The maximum atomic E-state index is 12.4. The smallest absolute Gasteiger partial charge is 0.343 e. The molecule has 0 unspecified atom stereocenters. The standard InChI is InChI=1S/C10H5ClF3NO3S/c11-19(16,17)9-5-8(15-18-9)6-1-3-7(4-2-6)10(12,13)14/h1-5H. The molecule has 0 aliphatic heterocycles. The monoisotopic (exact) mass is 311 g/mol. The Morgan fingerprint density at radius 2 is 1.74 bits per heavy atom. The maximum absolute atomic E-state index is 12.4. The molecule has 0 amide bonds. The van der Waals surface area contributed by atoms with Crippen molar-refractivity contribution < 1.29 is 26.1 Å². The van der Waals surface area contributed by atoms with Gasteiger partial charge in [-0.3, -0.25) is 0 Å². The van der Waals surface area contributed by atoms with Crippen LogP contribution in [0.1, 0.15) is 5.56 Å². The number of rotatable bonds is 2. The third-order valence-electron chi connectivity index (χ3n) is 2.24. The van der Waals surface area contributed by atoms with Crippen LogP contribution in [0.25, 0.3) is 11.3 Å². The number of benzene rings is 1. The summed E-state index contributed by atoms with van der Waals surface area (Å²) >= 11 is 0. The molecule has 1 heterocycles. The number of aromatic nitrogens is 1. The Morgan fingerprint density at radius 1 is 1.16 bits per heavy atom. The van der Waals surface area contributed by atoms with Crippen LogP contribution in [0.15, 0.2) is 39.9 Å². The second-order valence-corrected chi connectivity index (χ2v) is 6.04. The molecule has 0 saturated carbocycles. The molecule has 0 bridgehead atoms. The molecule has 0 radical (unpaired) electrons. The van der Waals surface area contributed by atoms with Crippen molar-refractivity contribution in [2.24, 2.45) is 0 Å². The van der Waals surface area contributed by atoms with Crippen molar-refractivity contribution in [2.45, 2.75) is 11.3 Å². The molecular weight excluding hydrogens is 307 g/mol. The molecule has 19 heavy (non-hydrogen) atoms. The van der Waals surface area contributed by atoms with Gasteiger partial charge in [0.25, 0.3) is 14.1 Å². The lowest BCUT2D eigenvalue weighted by Crippen LogP contribution is -2.03. The molecule has 0 aliphatic rings. The van der Waals surface area contributed by atoms with E-state index in [1.165, 1.54) is 0 Å². The quantitative estimate of drug-likeness (QED) is 0.799. The first kappa shape index (κ1) is 13.9. The summed E-state index contributed by atoms with van der Waals surface area (Å²) < 4.78 is 63.4. The number of nitrogens with zero attached hydrogens (tertiary/aromatic N) is 1. The second kappa shape index (κ2) is 4.53. The normalized spacial score (nSPS) is 12.6. The van der Waals surface area contributed by atoms with Crippen molar-refractivity contribution in [1.29, 1.82) is 0 Å². The van der Waals surface area contributed by atoms with E-state index in [0.29, 0.717) is 0 Å². The Bertz CT molecular complexity index is 692. The van der Waals surface area contributed by atoms with E-state index in [1.54, 1.807) is 0 Å². The third kappa shape index (κ3) is 3.07. The largest absolute Gasteiger partial charge is 0.416 e. The Labute approximate surface area is 110 Å². The van der Waals surface area contributed by atoms with Gasteiger partial charge in [0.1, 0.15) is 5.69 Å². The van der Waals surface area contributed by atoms with E-state index in [9.17, 15) is 21.6 Å². The predicted octanol–water partition coefficient (Wildman–Crippen LogP) is 3.29. The fourth-order valence-corrected chi connectivity index (χ4v) is 1.94. The SMILES string of the molecule is O=S(=O)(Cl)c1cc(-c2ccc(C(F)(F)F)cc2)no1. The number of halogens is 4. The third-order valence-corrected chi connectivity index (χ3v) is 3.37. The highest BCUT2D eigenvalue weighted by atomic mass is 35.7. The average molecular weight is 312 g/mol. The lowest BCUT2D eigenvalue weighted by molar-refractivity contribution is -0.137. The molecule has 0 aliphatic carbocycles. The highest BCUT2D eigenvalue weighted by Crippen LogP contribution is 2.31. The van der Waals surface area contributed by atoms with Crippen LogP contribution < -0.4 is 0 Å². The van der Waals surface area contributed by atoms with Crippen LogP contribution in [0.2, 0.25) is 0 Å². The van der Waals surface area contributed by atoms with E-state index >= 15 is 0 Å². The molecule has 0 atom stereocenters. The Balaban J connectivity index is 2.36. The lowest BCUT2D eigenvalue weighted by atomic mass is 10.1. The molecule has 102 valence electrons. The number of hydrogen-bond donors (Lipinski definition) is 0. The van der Waals surface area contributed by atoms with Crippen LogP contribution in [0.5, 0.6) is 0 Å². The zero-order valence-electron chi connectivity index (χ0n) is 8.98. The van der Waals surface area contributed by atoms with Gasteiger partial charge in [0.15, 0.2) is 0 Å². The average Bonchev–Trinajstić information content (AvgIpc) is 2.77. The summed E-state index contributed by atoms with van der Waals surface area (Å²) in [5.41, 5.74) is -0.457. The molecule has 1 aromatic heterocycles. The van der Waals surface area contributed by atoms with Crippen LogP contribution in [0.4, 0.5) is 13.2 Å². The van der Waals surface area contributed by atoms with Crippen molar-refractivity contribution in [1.82, 2.24) is 5.16 Å². The summed E-state index contributed by atoms with van der Waals surface area (Å²) in [6.45, 7) is 0. The van der Waals surface area contributed by atoms with Crippen LogP contribution in [-0.2, 0) is 15.2 Å². The fraction of sp³-hybridized carbons (Fsp3) is 0.100.